The molecule has 0 atom stereocenters. The minimum Gasteiger partial charge on any atom is -0.462 e. The van der Waals surface area contributed by atoms with Gasteiger partial charge < -0.3 is 9.64 Å². The zero-order chi connectivity index (χ0) is 16.3. The number of aryl methyl sites for hydroxylation is 1. The van der Waals surface area contributed by atoms with Crippen LogP contribution in [0.5, 0.6) is 0 Å². The van der Waals surface area contributed by atoms with Gasteiger partial charge in [0, 0.05) is 12.7 Å². The smallest absolute Gasteiger partial charge is 0.341 e. The standard InChI is InChI=1S/C16H20FN3O2/c1-5-22-16(21)13-10-20(18-11(13)2)15-12(9-19(3)4)7-6-8-14(15)17/h6-8,10H,5,9H2,1-4H3. The maximum atomic E-state index is 14.3. The van der Waals surface area contributed by atoms with E-state index in [0.717, 1.165) is 5.56 Å². The van der Waals surface area contributed by atoms with E-state index in [4.69, 9.17) is 4.74 Å². The van der Waals surface area contributed by atoms with Gasteiger partial charge in [0.15, 0.2) is 0 Å². The summed E-state index contributed by atoms with van der Waals surface area (Å²) in [5.41, 5.74) is 2.01. The van der Waals surface area contributed by atoms with E-state index in [2.05, 4.69) is 5.10 Å². The van der Waals surface area contributed by atoms with Gasteiger partial charge in [0.05, 0.1) is 12.3 Å². The summed E-state index contributed by atoms with van der Waals surface area (Å²) in [6, 6.07) is 4.90. The van der Waals surface area contributed by atoms with Crippen LogP contribution in [-0.2, 0) is 11.3 Å². The van der Waals surface area contributed by atoms with Gasteiger partial charge in [-0.05, 0) is 39.6 Å². The van der Waals surface area contributed by atoms with E-state index in [1.807, 2.05) is 25.1 Å². The summed E-state index contributed by atoms with van der Waals surface area (Å²) < 4.78 is 20.7. The number of esters is 1. The third kappa shape index (κ3) is 3.33. The van der Waals surface area contributed by atoms with Crippen LogP contribution in [0.2, 0.25) is 0 Å². The van der Waals surface area contributed by atoms with Gasteiger partial charge in [-0.25, -0.2) is 13.9 Å². The summed E-state index contributed by atoms with van der Waals surface area (Å²) in [5.74, 6) is -0.825. The van der Waals surface area contributed by atoms with Gasteiger partial charge in [0.1, 0.15) is 17.1 Å². The molecule has 2 rings (SSSR count). The fourth-order valence-electron chi connectivity index (χ4n) is 2.27. The minimum atomic E-state index is -0.447. The summed E-state index contributed by atoms with van der Waals surface area (Å²) in [4.78, 5) is 13.8. The zero-order valence-corrected chi connectivity index (χ0v) is 13.3. The Kier molecular flexibility index (Phi) is 4.92. The molecule has 0 fully saturated rings. The number of hydrogen-bond donors (Lipinski definition) is 0. The van der Waals surface area contributed by atoms with Crippen molar-refractivity contribution in [3.8, 4) is 5.69 Å². The molecule has 0 amide bonds. The Balaban J connectivity index is 2.48. The summed E-state index contributed by atoms with van der Waals surface area (Å²) in [5, 5.41) is 4.27. The second-order valence-electron chi connectivity index (χ2n) is 5.28. The van der Waals surface area contributed by atoms with Crippen LogP contribution in [-0.4, -0.2) is 41.4 Å². The lowest BCUT2D eigenvalue weighted by atomic mass is 10.1. The number of rotatable bonds is 5. The average molecular weight is 305 g/mol. The number of ether oxygens (including phenoxy) is 1. The van der Waals surface area contributed by atoms with Crippen molar-refractivity contribution < 1.29 is 13.9 Å². The van der Waals surface area contributed by atoms with E-state index >= 15 is 0 Å². The molecule has 1 heterocycles. The van der Waals surface area contributed by atoms with Crippen LogP contribution < -0.4 is 0 Å². The van der Waals surface area contributed by atoms with Gasteiger partial charge in [-0.1, -0.05) is 12.1 Å². The summed E-state index contributed by atoms with van der Waals surface area (Å²) in [7, 11) is 3.82. The van der Waals surface area contributed by atoms with E-state index in [9.17, 15) is 9.18 Å². The number of carbonyl (C=O) groups is 1. The van der Waals surface area contributed by atoms with E-state index < -0.39 is 5.97 Å². The molecule has 0 bridgehead atoms. The predicted molar refractivity (Wildman–Crippen MR) is 81.6 cm³/mol. The molecular weight excluding hydrogens is 285 g/mol. The van der Waals surface area contributed by atoms with Gasteiger partial charge in [-0.3, -0.25) is 0 Å². The highest BCUT2D eigenvalue weighted by atomic mass is 19.1. The first kappa shape index (κ1) is 16.2. The van der Waals surface area contributed by atoms with Crippen LogP contribution in [0, 0.1) is 12.7 Å². The van der Waals surface area contributed by atoms with Crippen molar-refractivity contribution in [3.63, 3.8) is 0 Å². The van der Waals surface area contributed by atoms with Crippen LogP contribution in [0.1, 0.15) is 28.5 Å². The van der Waals surface area contributed by atoms with Crippen LogP contribution in [0.4, 0.5) is 4.39 Å². The van der Waals surface area contributed by atoms with E-state index in [-0.39, 0.29) is 12.4 Å². The molecule has 0 saturated heterocycles. The van der Waals surface area contributed by atoms with Gasteiger partial charge in [-0.2, -0.15) is 5.10 Å². The highest BCUT2D eigenvalue weighted by Crippen LogP contribution is 2.21. The Labute approximate surface area is 129 Å². The van der Waals surface area contributed by atoms with E-state index in [1.165, 1.54) is 16.9 Å². The molecule has 2 aromatic rings. The topological polar surface area (TPSA) is 47.4 Å². The van der Waals surface area contributed by atoms with E-state index in [0.29, 0.717) is 23.5 Å². The SMILES string of the molecule is CCOC(=O)c1cn(-c2c(F)cccc2CN(C)C)nc1C. The van der Waals surface area contributed by atoms with Crippen LogP contribution in [0.15, 0.2) is 24.4 Å². The van der Waals surface area contributed by atoms with Crippen LogP contribution in [0.25, 0.3) is 5.69 Å². The lowest BCUT2D eigenvalue weighted by Crippen LogP contribution is -2.14. The molecule has 1 aromatic heterocycles. The monoisotopic (exact) mass is 305 g/mol. The third-order valence-corrected chi connectivity index (χ3v) is 3.18. The number of halogens is 1. The molecule has 0 radical (unpaired) electrons. The fourth-order valence-corrected chi connectivity index (χ4v) is 2.27. The largest absolute Gasteiger partial charge is 0.462 e. The Bertz CT molecular complexity index is 680. The van der Waals surface area contributed by atoms with Crippen molar-refractivity contribution >= 4 is 5.97 Å². The van der Waals surface area contributed by atoms with Crippen LogP contribution >= 0.6 is 0 Å². The second-order valence-corrected chi connectivity index (χ2v) is 5.28. The molecule has 0 aliphatic rings. The molecule has 5 nitrogen and oxygen atoms in total. The first-order chi connectivity index (χ1) is 10.4. The van der Waals surface area contributed by atoms with Gasteiger partial charge in [-0.15, -0.1) is 0 Å². The first-order valence-electron chi connectivity index (χ1n) is 7.10. The molecule has 0 saturated carbocycles. The maximum Gasteiger partial charge on any atom is 0.341 e. The molecule has 0 N–H and O–H groups in total. The van der Waals surface area contributed by atoms with Crippen molar-refractivity contribution in [2.24, 2.45) is 0 Å². The molecule has 0 aliphatic carbocycles. The number of nitrogens with zero attached hydrogens (tertiary/aromatic N) is 3. The highest BCUT2D eigenvalue weighted by Gasteiger charge is 2.18. The van der Waals surface area contributed by atoms with E-state index in [1.54, 1.807) is 19.9 Å². The summed E-state index contributed by atoms with van der Waals surface area (Å²) >= 11 is 0. The Morgan fingerprint density at radius 1 is 1.41 bits per heavy atom. The number of carbonyl (C=O) groups excluding carboxylic acids is 1. The molecule has 0 spiro atoms. The molecule has 1 aromatic carbocycles. The molecule has 0 aliphatic heterocycles. The predicted octanol–water partition coefficient (Wildman–Crippen LogP) is 2.56. The third-order valence-electron chi connectivity index (χ3n) is 3.18. The van der Waals surface area contributed by atoms with Crippen molar-refractivity contribution in [1.29, 1.82) is 0 Å². The fraction of sp³-hybridized carbons (Fsp3) is 0.375. The maximum absolute atomic E-state index is 14.3. The molecule has 22 heavy (non-hydrogen) atoms. The Morgan fingerprint density at radius 3 is 2.77 bits per heavy atom. The van der Waals surface area contributed by atoms with Crippen molar-refractivity contribution in [1.82, 2.24) is 14.7 Å². The Hall–Kier alpha value is -2.21. The molecule has 0 unspecified atom stereocenters. The summed E-state index contributed by atoms with van der Waals surface area (Å²) in [6.07, 6.45) is 1.52. The number of para-hydroxylation sites is 1. The number of hydrogen-bond acceptors (Lipinski definition) is 4. The average Bonchev–Trinajstić information content (AvgIpc) is 2.80. The zero-order valence-electron chi connectivity index (χ0n) is 13.3. The number of benzene rings is 1. The van der Waals surface area contributed by atoms with Crippen LogP contribution in [0.3, 0.4) is 0 Å². The minimum absolute atomic E-state index is 0.287. The molecule has 118 valence electrons. The molecule has 6 heteroatoms. The lowest BCUT2D eigenvalue weighted by molar-refractivity contribution is 0.0525. The van der Waals surface area contributed by atoms with Gasteiger partial charge in [0.25, 0.3) is 0 Å². The van der Waals surface area contributed by atoms with Crippen molar-refractivity contribution in [2.75, 3.05) is 20.7 Å². The van der Waals surface area contributed by atoms with Crippen molar-refractivity contribution in [2.45, 2.75) is 20.4 Å². The van der Waals surface area contributed by atoms with Gasteiger partial charge in [0.2, 0.25) is 0 Å². The number of aromatic nitrogens is 2. The highest BCUT2D eigenvalue weighted by molar-refractivity contribution is 5.90. The van der Waals surface area contributed by atoms with Crippen molar-refractivity contribution in [3.05, 3.63) is 47.0 Å². The normalized spacial score (nSPS) is 11.0. The molecular formula is C16H20FN3O2. The summed E-state index contributed by atoms with van der Waals surface area (Å²) in [6.45, 7) is 4.30. The van der Waals surface area contributed by atoms with Gasteiger partial charge >= 0.3 is 5.97 Å². The Morgan fingerprint density at radius 2 is 2.14 bits per heavy atom. The first-order valence-corrected chi connectivity index (χ1v) is 7.10. The lowest BCUT2D eigenvalue weighted by Gasteiger charge is -2.14. The quantitative estimate of drug-likeness (QED) is 0.797. The second kappa shape index (κ2) is 6.70.